The zero-order chi connectivity index (χ0) is 41.3. The van der Waals surface area contributed by atoms with E-state index in [1.807, 2.05) is 11.3 Å². The minimum Gasteiger partial charge on any atom is -0.228 e. The number of thiophene rings is 1. The molecule has 0 aliphatic heterocycles. The number of hydrogen-bond acceptors (Lipinski definition) is 3. The molecule has 0 fully saturated rings. The van der Waals surface area contributed by atoms with Crippen LogP contribution in [0.15, 0.2) is 218 Å². The monoisotopic (exact) mass is 816 g/mol. The second-order valence-corrected chi connectivity index (χ2v) is 18.2. The molecule has 11 aromatic rings. The van der Waals surface area contributed by atoms with Gasteiger partial charge in [0.1, 0.15) is 0 Å². The van der Waals surface area contributed by atoms with E-state index in [0.29, 0.717) is 5.82 Å². The van der Waals surface area contributed by atoms with Crippen LogP contribution in [-0.4, -0.2) is 9.97 Å². The SMILES string of the molecule is c1ccc(-c2cc(-c3cccc4c3C3(c5cc6c(cc5-4)sc4ccccc46)c4ccccc4C4(c5ccccc5-c5ccccc54)c4ccccc43)nc(-c3ccccc3)n2)cc1. The van der Waals surface area contributed by atoms with E-state index in [2.05, 4.69) is 218 Å². The Balaban J connectivity index is 1.16. The molecule has 0 unspecified atom stereocenters. The summed E-state index contributed by atoms with van der Waals surface area (Å²) in [6, 6.07) is 81.0. The molecule has 2 aromatic heterocycles. The van der Waals surface area contributed by atoms with Crippen molar-refractivity contribution < 1.29 is 0 Å². The maximum atomic E-state index is 5.54. The minimum atomic E-state index is -0.700. The molecule has 2 heterocycles. The Bertz CT molecular complexity index is 3540. The third kappa shape index (κ3) is 4.51. The summed E-state index contributed by atoms with van der Waals surface area (Å²) in [5, 5.41) is 2.60. The number of aromatic nitrogens is 2. The summed E-state index contributed by atoms with van der Waals surface area (Å²) in [4.78, 5) is 10.8. The van der Waals surface area contributed by atoms with Crippen LogP contribution >= 0.6 is 11.3 Å². The molecular weight excluding hydrogens is 781 g/mol. The largest absolute Gasteiger partial charge is 0.228 e. The quantitative estimate of drug-likeness (QED) is 0.177. The zero-order valence-electron chi connectivity index (χ0n) is 34.1. The van der Waals surface area contributed by atoms with E-state index in [1.165, 1.54) is 86.9 Å². The fourth-order valence-corrected chi connectivity index (χ4v) is 13.0. The lowest BCUT2D eigenvalue weighted by Crippen LogP contribution is -2.44. The molecule has 0 bridgehead atoms. The Morgan fingerprint density at radius 2 is 0.810 bits per heavy atom. The van der Waals surface area contributed by atoms with Crippen LogP contribution in [0.4, 0.5) is 0 Å². The number of fused-ring (bicyclic) bond motifs is 19. The fourth-order valence-electron chi connectivity index (χ4n) is 11.8. The lowest BCUT2D eigenvalue weighted by Gasteiger charge is -2.49. The van der Waals surface area contributed by atoms with Gasteiger partial charge in [-0.05, 0) is 91.0 Å². The van der Waals surface area contributed by atoms with Crippen molar-refractivity contribution in [1.29, 1.82) is 0 Å². The Kier molecular flexibility index (Phi) is 7.15. The average Bonchev–Trinajstić information content (AvgIpc) is 3.98. The lowest BCUT2D eigenvalue weighted by molar-refractivity contribution is 0.634. The zero-order valence-corrected chi connectivity index (χ0v) is 34.9. The predicted molar refractivity (Wildman–Crippen MR) is 259 cm³/mol. The standard InChI is InChI=1S/C60H36N2S/c1-3-18-37(19-4-1)53-36-54(62-58(61-53)38-20-5-2-6-21-38)43-26-17-25-42-44-35-56-45(41-24-9-16-33-55(41)63-56)34-52(44)60(57(42)43)50-31-14-12-29-48(50)59(49-30-13-15-32-51(49)60)46-27-10-7-22-39(46)40-23-8-11-28-47(40)59/h1-36H. The summed E-state index contributed by atoms with van der Waals surface area (Å²) in [7, 11) is 0. The Morgan fingerprint density at radius 1 is 0.302 bits per heavy atom. The highest BCUT2D eigenvalue weighted by Crippen LogP contribution is 2.68. The predicted octanol–water partition coefficient (Wildman–Crippen LogP) is 14.9. The highest BCUT2D eigenvalue weighted by atomic mass is 32.1. The maximum Gasteiger partial charge on any atom is 0.160 e. The lowest BCUT2D eigenvalue weighted by atomic mass is 9.52. The highest BCUT2D eigenvalue weighted by molar-refractivity contribution is 7.25. The molecule has 2 nitrogen and oxygen atoms in total. The van der Waals surface area contributed by atoms with E-state index >= 15 is 0 Å². The highest BCUT2D eigenvalue weighted by Gasteiger charge is 2.59. The van der Waals surface area contributed by atoms with Crippen LogP contribution in [0.5, 0.6) is 0 Å². The minimum absolute atomic E-state index is 0.529. The summed E-state index contributed by atoms with van der Waals surface area (Å²) in [6.07, 6.45) is 0. The number of hydrogen-bond donors (Lipinski definition) is 0. The molecule has 0 atom stereocenters. The van der Waals surface area contributed by atoms with Crippen molar-refractivity contribution in [3.05, 3.63) is 263 Å². The van der Waals surface area contributed by atoms with E-state index in [1.54, 1.807) is 0 Å². The van der Waals surface area contributed by atoms with E-state index in [4.69, 9.17) is 9.97 Å². The van der Waals surface area contributed by atoms with Gasteiger partial charge in [0.05, 0.1) is 22.2 Å². The summed E-state index contributed by atoms with van der Waals surface area (Å²) < 4.78 is 2.61. The van der Waals surface area contributed by atoms with E-state index in [9.17, 15) is 0 Å². The van der Waals surface area contributed by atoms with Gasteiger partial charge in [-0.1, -0.05) is 194 Å². The van der Waals surface area contributed by atoms with Crippen molar-refractivity contribution in [2.75, 3.05) is 0 Å². The molecule has 14 rings (SSSR count). The molecule has 292 valence electrons. The molecule has 3 heteroatoms. The molecule has 0 radical (unpaired) electrons. The first-order valence-electron chi connectivity index (χ1n) is 21.7. The summed E-state index contributed by atoms with van der Waals surface area (Å²) >= 11 is 1.89. The number of nitrogens with zero attached hydrogens (tertiary/aromatic N) is 2. The molecule has 0 saturated heterocycles. The van der Waals surface area contributed by atoms with Crippen molar-refractivity contribution in [3.8, 4) is 56.2 Å². The second kappa shape index (κ2) is 12.9. The van der Waals surface area contributed by atoms with Gasteiger partial charge >= 0.3 is 0 Å². The van der Waals surface area contributed by atoms with Crippen LogP contribution in [0.3, 0.4) is 0 Å². The van der Waals surface area contributed by atoms with Crippen LogP contribution in [0.2, 0.25) is 0 Å². The Hall–Kier alpha value is -7.72. The molecule has 63 heavy (non-hydrogen) atoms. The number of rotatable bonds is 3. The fraction of sp³-hybridized carbons (Fsp3) is 0.0333. The smallest absolute Gasteiger partial charge is 0.160 e. The van der Waals surface area contributed by atoms with Gasteiger partial charge < -0.3 is 0 Å². The van der Waals surface area contributed by atoms with Crippen LogP contribution in [0, 0.1) is 0 Å². The summed E-state index contributed by atoms with van der Waals surface area (Å²) in [5.74, 6) is 0.712. The van der Waals surface area contributed by atoms with Gasteiger partial charge in [0, 0.05) is 36.9 Å². The second-order valence-electron chi connectivity index (χ2n) is 17.1. The van der Waals surface area contributed by atoms with Gasteiger partial charge in [0.15, 0.2) is 5.82 Å². The van der Waals surface area contributed by atoms with E-state index in [0.717, 1.165) is 28.1 Å². The normalized spacial score (nSPS) is 14.3. The summed E-state index contributed by atoms with van der Waals surface area (Å²) in [6.45, 7) is 0. The number of benzene rings is 9. The van der Waals surface area contributed by atoms with Gasteiger partial charge in [-0.15, -0.1) is 11.3 Å². The van der Waals surface area contributed by atoms with Crippen LogP contribution < -0.4 is 0 Å². The topological polar surface area (TPSA) is 25.8 Å². The van der Waals surface area contributed by atoms with Gasteiger partial charge in [0.25, 0.3) is 0 Å². The molecular formula is C60H36N2S. The average molecular weight is 817 g/mol. The van der Waals surface area contributed by atoms with Crippen molar-refractivity contribution in [1.82, 2.24) is 9.97 Å². The third-order valence-corrected chi connectivity index (χ3v) is 15.3. The van der Waals surface area contributed by atoms with Gasteiger partial charge in [-0.2, -0.15) is 0 Å². The maximum absolute atomic E-state index is 5.54. The van der Waals surface area contributed by atoms with Crippen molar-refractivity contribution in [2.45, 2.75) is 10.8 Å². The molecule has 0 amide bonds. The Labute approximate surface area is 369 Å². The Morgan fingerprint density at radius 3 is 1.48 bits per heavy atom. The first-order chi connectivity index (χ1) is 31.2. The van der Waals surface area contributed by atoms with Crippen LogP contribution in [0.1, 0.15) is 44.5 Å². The van der Waals surface area contributed by atoms with E-state index < -0.39 is 10.8 Å². The van der Waals surface area contributed by atoms with Gasteiger partial charge in [-0.25, -0.2) is 9.97 Å². The molecule has 2 spiro atoms. The molecule has 3 aliphatic rings. The molecule has 3 aliphatic carbocycles. The first-order valence-corrected chi connectivity index (χ1v) is 22.6. The van der Waals surface area contributed by atoms with Gasteiger partial charge in [0.2, 0.25) is 0 Å². The van der Waals surface area contributed by atoms with Crippen molar-refractivity contribution in [3.63, 3.8) is 0 Å². The van der Waals surface area contributed by atoms with Crippen molar-refractivity contribution >= 4 is 31.5 Å². The third-order valence-electron chi connectivity index (χ3n) is 14.2. The van der Waals surface area contributed by atoms with Crippen LogP contribution in [-0.2, 0) is 10.8 Å². The molecule has 0 saturated carbocycles. The summed E-state index contributed by atoms with van der Waals surface area (Å²) in [5.41, 5.74) is 19.4. The van der Waals surface area contributed by atoms with Crippen LogP contribution in [0.25, 0.3) is 76.3 Å². The van der Waals surface area contributed by atoms with Crippen molar-refractivity contribution in [2.24, 2.45) is 0 Å². The van der Waals surface area contributed by atoms with Gasteiger partial charge in [-0.3, -0.25) is 0 Å². The van der Waals surface area contributed by atoms with E-state index in [-0.39, 0.29) is 0 Å². The first kappa shape index (κ1) is 34.9. The molecule has 0 N–H and O–H groups in total. The molecule has 9 aromatic carbocycles.